The maximum atomic E-state index is 14.3. The molecule has 4 nitrogen and oxygen atoms in total. The molecule has 0 saturated carbocycles. The lowest BCUT2D eigenvalue weighted by molar-refractivity contribution is -0.179. The molecule has 0 unspecified atom stereocenters. The van der Waals surface area contributed by atoms with Gasteiger partial charge in [0.25, 0.3) is 0 Å². The summed E-state index contributed by atoms with van der Waals surface area (Å²) in [5.41, 5.74) is -1.06. The van der Waals surface area contributed by atoms with Gasteiger partial charge in [0.15, 0.2) is 0 Å². The van der Waals surface area contributed by atoms with Crippen molar-refractivity contribution in [2.45, 2.75) is 32.3 Å². The topological polar surface area (TPSA) is 45.1 Å². The molecule has 1 rings (SSSR count). The molecule has 0 heterocycles. The number of rotatable bonds is 3. The molecule has 0 aliphatic heterocycles. The molecule has 0 atom stereocenters. The number of nitrogens with zero attached hydrogens (tertiary/aromatic N) is 2. The number of benzene rings is 1. The highest BCUT2D eigenvalue weighted by atomic mass is 35.5. The normalized spacial score (nSPS) is 13.4. The standard InChI is InChI=1S/C13H17ClF2N2O2/c1-12(2,3)20-18(4)11(17-19)13(15,16)9-5-7-10(14)8-6-9/h5-8,19H,1-4H3/b17-11-. The summed E-state index contributed by atoms with van der Waals surface area (Å²) >= 11 is 5.67. The fourth-order valence-corrected chi connectivity index (χ4v) is 1.69. The Hall–Kier alpha value is -1.40. The van der Waals surface area contributed by atoms with Crippen LogP contribution >= 0.6 is 11.6 Å². The molecular weight excluding hydrogens is 290 g/mol. The van der Waals surface area contributed by atoms with Crippen molar-refractivity contribution in [3.05, 3.63) is 34.9 Å². The van der Waals surface area contributed by atoms with E-state index in [0.717, 1.165) is 5.06 Å². The van der Waals surface area contributed by atoms with Crippen molar-refractivity contribution in [3.63, 3.8) is 0 Å². The summed E-state index contributed by atoms with van der Waals surface area (Å²) in [4.78, 5) is 5.26. The van der Waals surface area contributed by atoms with Gasteiger partial charge in [-0.2, -0.15) is 8.78 Å². The molecule has 0 fully saturated rings. The van der Waals surface area contributed by atoms with Gasteiger partial charge >= 0.3 is 5.92 Å². The van der Waals surface area contributed by atoms with Crippen molar-refractivity contribution in [1.82, 2.24) is 5.06 Å². The molecule has 0 saturated heterocycles. The van der Waals surface area contributed by atoms with Crippen LogP contribution in [0.15, 0.2) is 29.4 Å². The van der Waals surface area contributed by atoms with Gasteiger partial charge in [-0.25, -0.2) is 5.06 Å². The zero-order valence-electron chi connectivity index (χ0n) is 11.7. The highest BCUT2D eigenvalue weighted by molar-refractivity contribution is 6.30. The van der Waals surface area contributed by atoms with Crippen molar-refractivity contribution in [3.8, 4) is 0 Å². The molecule has 0 amide bonds. The lowest BCUT2D eigenvalue weighted by Gasteiger charge is -2.31. The zero-order chi connectivity index (χ0) is 15.6. The van der Waals surface area contributed by atoms with Gasteiger partial charge in [-0.1, -0.05) is 28.9 Å². The first kappa shape index (κ1) is 16.7. The van der Waals surface area contributed by atoms with Gasteiger partial charge in [0.1, 0.15) is 0 Å². The van der Waals surface area contributed by atoms with Crippen molar-refractivity contribution in [2.75, 3.05) is 7.05 Å². The Bertz CT molecular complexity index is 484. The van der Waals surface area contributed by atoms with E-state index in [9.17, 15) is 8.78 Å². The second-order valence-corrected chi connectivity index (χ2v) is 5.64. The number of hydrogen-bond acceptors (Lipinski definition) is 3. The Balaban J connectivity index is 3.07. The average Bonchev–Trinajstić information content (AvgIpc) is 2.27. The highest BCUT2D eigenvalue weighted by Gasteiger charge is 2.43. The maximum Gasteiger partial charge on any atom is 0.335 e. The van der Waals surface area contributed by atoms with Crippen LogP contribution in [0.25, 0.3) is 0 Å². The van der Waals surface area contributed by atoms with Gasteiger partial charge in [-0.05, 0) is 32.9 Å². The van der Waals surface area contributed by atoms with Gasteiger partial charge in [0.05, 0.1) is 5.60 Å². The molecule has 0 radical (unpaired) electrons. The minimum Gasteiger partial charge on any atom is -0.409 e. The van der Waals surface area contributed by atoms with E-state index >= 15 is 0 Å². The second-order valence-electron chi connectivity index (χ2n) is 5.21. The molecule has 0 aliphatic rings. The van der Waals surface area contributed by atoms with Crippen molar-refractivity contribution < 1.29 is 18.8 Å². The fourth-order valence-electron chi connectivity index (χ4n) is 1.57. The van der Waals surface area contributed by atoms with E-state index in [2.05, 4.69) is 5.16 Å². The predicted molar refractivity (Wildman–Crippen MR) is 73.2 cm³/mol. The lowest BCUT2D eigenvalue weighted by Crippen LogP contribution is -2.43. The van der Waals surface area contributed by atoms with Gasteiger partial charge in [0.2, 0.25) is 5.84 Å². The summed E-state index contributed by atoms with van der Waals surface area (Å²) in [6.07, 6.45) is 0. The first-order valence-corrected chi connectivity index (χ1v) is 6.25. The predicted octanol–water partition coefficient (Wildman–Crippen LogP) is 3.88. The van der Waals surface area contributed by atoms with Gasteiger partial charge in [-0.15, -0.1) is 0 Å². The number of oxime groups is 1. The van der Waals surface area contributed by atoms with Crippen LogP contribution in [0.3, 0.4) is 0 Å². The minimum absolute atomic E-state index is 0.339. The summed E-state index contributed by atoms with van der Waals surface area (Å²) in [5, 5.41) is 12.7. The van der Waals surface area contributed by atoms with E-state index in [4.69, 9.17) is 21.6 Å². The summed E-state index contributed by atoms with van der Waals surface area (Å²) in [7, 11) is 1.25. The van der Waals surface area contributed by atoms with Gasteiger partial charge in [-0.3, -0.25) is 4.84 Å². The van der Waals surface area contributed by atoms with Gasteiger partial charge in [0, 0.05) is 17.6 Å². The Morgan fingerprint density at radius 3 is 2.15 bits per heavy atom. The second kappa shape index (κ2) is 5.93. The van der Waals surface area contributed by atoms with Crippen LogP contribution in [0.4, 0.5) is 8.78 Å². The van der Waals surface area contributed by atoms with Crippen LogP contribution in [0.2, 0.25) is 5.02 Å². The smallest absolute Gasteiger partial charge is 0.335 e. The van der Waals surface area contributed by atoms with Crippen LogP contribution in [-0.4, -0.2) is 28.8 Å². The number of hydrogen-bond donors (Lipinski definition) is 1. The van der Waals surface area contributed by atoms with E-state index in [1.807, 2.05) is 0 Å². The van der Waals surface area contributed by atoms with Crippen molar-refractivity contribution in [2.24, 2.45) is 5.16 Å². The molecule has 20 heavy (non-hydrogen) atoms. The average molecular weight is 307 g/mol. The number of hydroxylamine groups is 2. The molecule has 1 aromatic carbocycles. The SMILES string of the molecule is CN(OC(C)(C)C)/C(=N\O)C(F)(F)c1ccc(Cl)cc1. The van der Waals surface area contributed by atoms with Crippen LogP contribution in [0, 0.1) is 0 Å². The molecule has 0 aromatic heterocycles. The Morgan fingerprint density at radius 2 is 1.75 bits per heavy atom. The highest BCUT2D eigenvalue weighted by Crippen LogP contribution is 2.32. The lowest BCUT2D eigenvalue weighted by atomic mass is 10.1. The monoisotopic (exact) mass is 306 g/mol. The van der Waals surface area contributed by atoms with Crippen LogP contribution in [0.5, 0.6) is 0 Å². The number of alkyl halides is 2. The van der Waals surface area contributed by atoms with Gasteiger partial charge < -0.3 is 5.21 Å². The summed E-state index contributed by atoms with van der Waals surface area (Å²) in [6, 6.07) is 5.01. The maximum absolute atomic E-state index is 14.3. The van der Waals surface area contributed by atoms with E-state index in [1.54, 1.807) is 20.8 Å². The summed E-state index contributed by atoms with van der Waals surface area (Å²) in [6.45, 7) is 5.08. The Labute approximate surface area is 121 Å². The van der Waals surface area contributed by atoms with Crippen molar-refractivity contribution >= 4 is 17.4 Å². The third-order valence-electron chi connectivity index (χ3n) is 2.29. The third-order valence-corrected chi connectivity index (χ3v) is 2.54. The van der Waals surface area contributed by atoms with E-state index in [1.165, 1.54) is 31.3 Å². The first-order valence-electron chi connectivity index (χ1n) is 5.87. The molecular formula is C13H17ClF2N2O2. The largest absolute Gasteiger partial charge is 0.409 e. The molecule has 112 valence electrons. The molecule has 0 aliphatic carbocycles. The molecule has 1 N–H and O–H groups in total. The number of halogens is 3. The number of likely N-dealkylation sites (N-methyl/N-ethyl adjacent to an activating group) is 1. The fraction of sp³-hybridized carbons (Fsp3) is 0.462. The summed E-state index contributed by atoms with van der Waals surface area (Å²) < 4.78 is 28.6. The molecule has 1 aromatic rings. The first-order chi connectivity index (χ1) is 9.08. The molecule has 0 spiro atoms. The molecule has 7 heteroatoms. The Kier molecular flexibility index (Phi) is 4.94. The summed E-state index contributed by atoms with van der Waals surface area (Å²) in [5.74, 6) is -4.42. The zero-order valence-corrected chi connectivity index (χ0v) is 12.4. The van der Waals surface area contributed by atoms with E-state index < -0.39 is 17.4 Å². The van der Waals surface area contributed by atoms with Crippen molar-refractivity contribution in [1.29, 1.82) is 0 Å². The van der Waals surface area contributed by atoms with Crippen LogP contribution < -0.4 is 0 Å². The van der Waals surface area contributed by atoms with E-state index in [0.29, 0.717) is 5.02 Å². The van der Waals surface area contributed by atoms with E-state index in [-0.39, 0.29) is 5.56 Å². The minimum atomic E-state index is -3.51. The Morgan fingerprint density at radius 1 is 1.25 bits per heavy atom. The third kappa shape index (κ3) is 4.05. The quantitative estimate of drug-likeness (QED) is 0.399. The van der Waals surface area contributed by atoms with Crippen LogP contribution in [-0.2, 0) is 10.8 Å². The molecule has 0 bridgehead atoms. The van der Waals surface area contributed by atoms with Crippen LogP contribution in [0.1, 0.15) is 26.3 Å². The number of amidine groups is 1.